The van der Waals surface area contributed by atoms with Crippen LogP contribution in [-0.2, 0) is 5.41 Å². The molecular formula is C19H29N. The van der Waals surface area contributed by atoms with Gasteiger partial charge in [0, 0.05) is 12.6 Å². The van der Waals surface area contributed by atoms with Crippen molar-refractivity contribution in [2.75, 3.05) is 6.54 Å². The minimum absolute atomic E-state index is 0.249. The van der Waals surface area contributed by atoms with Gasteiger partial charge in [-0.05, 0) is 60.5 Å². The van der Waals surface area contributed by atoms with E-state index in [9.17, 15) is 0 Å². The van der Waals surface area contributed by atoms with E-state index in [0.29, 0.717) is 11.5 Å². The Morgan fingerprint density at radius 3 is 2.20 bits per heavy atom. The third-order valence-electron chi connectivity index (χ3n) is 5.37. The molecule has 0 amide bonds. The summed E-state index contributed by atoms with van der Waals surface area (Å²) < 4.78 is 0. The van der Waals surface area contributed by atoms with Gasteiger partial charge in [-0.1, -0.05) is 45.0 Å². The molecule has 110 valence electrons. The predicted octanol–water partition coefficient (Wildman–Crippen LogP) is 4.82. The van der Waals surface area contributed by atoms with Gasteiger partial charge in [-0.2, -0.15) is 0 Å². The molecule has 0 bridgehead atoms. The maximum atomic E-state index is 3.78. The summed E-state index contributed by atoms with van der Waals surface area (Å²) >= 11 is 0. The van der Waals surface area contributed by atoms with Gasteiger partial charge in [0.05, 0.1) is 0 Å². The van der Waals surface area contributed by atoms with Crippen molar-refractivity contribution in [1.82, 2.24) is 5.32 Å². The van der Waals surface area contributed by atoms with Crippen LogP contribution in [0, 0.1) is 11.3 Å². The Hall–Kier alpha value is -0.820. The highest BCUT2D eigenvalue weighted by Crippen LogP contribution is 2.60. The van der Waals surface area contributed by atoms with Crippen LogP contribution in [0.15, 0.2) is 24.3 Å². The number of nitrogens with one attached hydrogen (secondary N) is 1. The molecule has 1 atom stereocenters. The van der Waals surface area contributed by atoms with Crippen molar-refractivity contribution in [2.45, 2.75) is 64.8 Å². The van der Waals surface area contributed by atoms with E-state index in [1.165, 1.54) is 43.4 Å². The minimum Gasteiger partial charge on any atom is -0.310 e. The molecular weight excluding hydrogens is 242 g/mol. The van der Waals surface area contributed by atoms with Crippen molar-refractivity contribution in [2.24, 2.45) is 11.3 Å². The Balaban J connectivity index is 1.58. The van der Waals surface area contributed by atoms with Gasteiger partial charge in [0.25, 0.3) is 0 Å². The van der Waals surface area contributed by atoms with E-state index in [0.717, 1.165) is 5.92 Å². The highest BCUT2D eigenvalue weighted by atomic mass is 14.9. The van der Waals surface area contributed by atoms with Gasteiger partial charge in [-0.3, -0.25) is 0 Å². The lowest BCUT2D eigenvalue weighted by Crippen LogP contribution is -2.28. The first-order chi connectivity index (χ1) is 9.41. The average Bonchev–Trinajstić information content (AvgIpc) is 3.27. The van der Waals surface area contributed by atoms with Crippen LogP contribution in [0.2, 0.25) is 0 Å². The molecule has 0 aromatic heterocycles. The summed E-state index contributed by atoms with van der Waals surface area (Å²) in [5, 5.41) is 3.78. The molecule has 0 radical (unpaired) electrons. The van der Waals surface area contributed by atoms with Gasteiger partial charge in [-0.25, -0.2) is 0 Å². The molecule has 1 nitrogen and oxygen atoms in total. The van der Waals surface area contributed by atoms with Crippen molar-refractivity contribution >= 4 is 0 Å². The standard InChI is InChI=1S/C19H29N/c1-14(20-13-19(11-12-19)17-9-10-17)15-5-7-16(8-6-15)18(2,3)4/h5-8,14,17,20H,9-13H2,1-4H3. The SMILES string of the molecule is CC(NCC1(C2CC2)CC1)c1ccc(C(C)(C)C)cc1. The molecule has 1 N–H and O–H groups in total. The van der Waals surface area contributed by atoms with Crippen LogP contribution >= 0.6 is 0 Å². The molecule has 20 heavy (non-hydrogen) atoms. The Kier molecular flexibility index (Phi) is 3.44. The Bertz CT molecular complexity index is 458. The molecule has 1 aromatic rings. The second kappa shape index (κ2) is 4.87. The zero-order valence-corrected chi connectivity index (χ0v) is 13.5. The number of hydrogen-bond acceptors (Lipinski definition) is 1. The lowest BCUT2D eigenvalue weighted by molar-refractivity contribution is 0.382. The second-order valence-corrected chi connectivity index (χ2v) is 8.11. The van der Waals surface area contributed by atoms with Crippen LogP contribution < -0.4 is 5.32 Å². The Labute approximate surface area is 124 Å². The summed E-state index contributed by atoms with van der Waals surface area (Å²) in [6, 6.07) is 9.66. The summed E-state index contributed by atoms with van der Waals surface area (Å²) in [5.74, 6) is 1.05. The molecule has 2 aliphatic carbocycles. The normalized spacial score (nSPS) is 22.6. The van der Waals surface area contributed by atoms with Gasteiger partial charge in [-0.15, -0.1) is 0 Å². The van der Waals surface area contributed by atoms with E-state index in [4.69, 9.17) is 0 Å². The molecule has 2 fully saturated rings. The first-order valence-corrected chi connectivity index (χ1v) is 8.25. The summed E-state index contributed by atoms with van der Waals surface area (Å²) in [4.78, 5) is 0. The van der Waals surface area contributed by atoms with Crippen LogP contribution in [-0.4, -0.2) is 6.54 Å². The average molecular weight is 271 g/mol. The van der Waals surface area contributed by atoms with E-state index in [2.05, 4.69) is 57.3 Å². The van der Waals surface area contributed by atoms with Crippen LogP contribution in [0.4, 0.5) is 0 Å². The van der Waals surface area contributed by atoms with E-state index in [-0.39, 0.29) is 5.41 Å². The molecule has 0 spiro atoms. The lowest BCUT2D eigenvalue weighted by Gasteiger charge is -2.22. The summed E-state index contributed by atoms with van der Waals surface area (Å²) in [5.41, 5.74) is 3.79. The van der Waals surface area contributed by atoms with Crippen LogP contribution in [0.1, 0.15) is 70.5 Å². The van der Waals surface area contributed by atoms with E-state index < -0.39 is 0 Å². The van der Waals surface area contributed by atoms with Gasteiger partial charge >= 0.3 is 0 Å². The fraction of sp³-hybridized carbons (Fsp3) is 0.684. The van der Waals surface area contributed by atoms with E-state index >= 15 is 0 Å². The van der Waals surface area contributed by atoms with Crippen molar-refractivity contribution in [3.05, 3.63) is 35.4 Å². The molecule has 0 aliphatic heterocycles. The van der Waals surface area contributed by atoms with Crippen LogP contribution in [0.3, 0.4) is 0 Å². The predicted molar refractivity (Wildman–Crippen MR) is 86.0 cm³/mol. The van der Waals surface area contributed by atoms with E-state index in [1.54, 1.807) is 0 Å². The number of rotatable bonds is 5. The molecule has 2 saturated carbocycles. The van der Waals surface area contributed by atoms with Crippen molar-refractivity contribution in [1.29, 1.82) is 0 Å². The third kappa shape index (κ3) is 2.93. The molecule has 0 heterocycles. The minimum atomic E-state index is 0.249. The lowest BCUT2D eigenvalue weighted by atomic mass is 9.86. The molecule has 0 saturated heterocycles. The summed E-state index contributed by atoms with van der Waals surface area (Å²) in [6.07, 6.45) is 5.88. The molecule has 3 rings (SSSR count). The van der Waals surface area contributed by atoms with Crippen molar-refractivity contribution in [3.8, 4) is 0 Å². The number of benzene rings is 1. The summed E-state index contributed by atoms with van der Waals surface area (Å²) in [6.45, 7) is 10.3. The largest absolute Gasteiger partial charge is 0.310 e. The topological polar surface area (TPSA) is 12.0 Å². The fourth-order valence-electron chi connectivity index (χ4n) is 3.33. The first-order valence-electron chi connectivity index (χ1n) is 8.25. The van der Waals surface area contributed by atoms with E-state index in [1.807, 2.05) is 0 Å². The second-order valence-electron chi connectivity index (χ2n) is 8.11. The maximum Gasteiger partial charge on any atom is 0.0292 e. The monoisotopic (exact) mass is 271 g/mol. The van der Waals surface area contributed by atoms with Crippen LogP contribution in [0.25, 0.3) is 0 Å². The summed E-state index contributed by atoms with van der Waals surface area (Å²) in [7, 11) is 0. The molecule has 1 heteroatoms. The first kappa shape index (κ1) is 14.1. The highest BCUT2D eigenvalue weighted by molar-refractivity contribution is 5.29. The zero-order chi connectivity index (χ0) is 14.4. The van der Waals surface area contributed by atoms with Crippen molar-refractivity contribution in [3.63, 3.8) is 0 Å². The zero-order valence-electron chi connectivity index (χ0n) is 13.5. The van der Waals surface area contributed by atoms with Gasteiger partial charge < -0.3 is 5.32 Å². The molecule has 1 aromatic carbocycles. The van der Waals surface area contributed by atoms with Crippen molar-refractivity contribution < 1.29 is 0 Å². The quantitative estimate of drug-likeness (QED) is 0.809. The molecule has 1 unspecified atom stereocenters. The number of hydrogen-bond donors (Lipinski definition) is 1. The van der Waals surface area contributed by atoms with Gasteiger partial charge in [0.1, 0.15) is 0 Å². The Morgan fingerprint density at radius 1 is 1.15 bits per heavy atom. The van der Waals surface area contributed by atoms with Crippen LogP contribution in [0.5, 0.6) is 0 Å². The van der Waals surface area contributed by atoms with Gasteiger partial charge in [0.15, 0.2) is 0 Å². The Morgan fingerprint density at radius 2 is 1.75 bits per heavy atom. The fourth-order valence-corrected chi connectivity index (χ4v) is 3.33. The maximum absolute atomic E-state index is 3.78. The molecule has 2 aliphatic rings. The van der Waals surface area contributed by atoms with Gasteiger partial charge in [0.2, 0.25) is 0 Å². The smallest absolute Gasteiger partial charge is 0.0292 e. The highest BCUT2D eigenvalue weighted by Gasteiger charge is 2.53. The third-order valence-corrected chi connectivity index (χ3v) is 5.37.